The fraction of sp³-hybridized carbons (Fsp3) is 0.122. The highest BCUT2D eigenvalue weighted by molar-refractivity contribution is 6.14. The average Bonchev–Trinajstić information content (AvgIpc) is 3.05. The van der Waals surface area contributed by atoms with Crippen molar-refractivity contribution in [1.82, 2.24) is 0 Å². The van der Waals surface area contributed by atoms with Crippen molar-refractivity contribution < 1.29 is 0 Å². The van der Waals surface area contributed by atoms with Crippen LogP contribution in [0.4, 0.5) is 0 Å². The van der Waals surface area contributed by atoms with E-state index in [4.69, 9.17) is 0 Å². The lowest BCUT2D eigenvalue weighted by Gasteiger charge is -2.18. The summed E-state index contributed by atoms with van der Waals surface area (Å²) in [4.78, 5) is 0. The summed E-state index contributed by atoms with van der Waals surface area (Å²) in [6, 6.07) is 42.8. The predicted molar refractivity (Wildman–Crippen MR) is 179 cm³/mol. The molecule has 0 saturated heterocycles. The fourth-order valence-electron chi connectivity index (χ4n) is 6.59. The maximum Gasteiger partial charge on any atom is -0.00960 e. The number of rotatable bonds is 5. The molecule has 0 aliphatic heterocycles. The Morgan fingerprint density at radius 3 is 2.02 bits per heavy atom. The molecule has 198 valence electrons. The van der Waals surface area contributed by atoms with E-state index in [1.54, 1.807) is 0 Å². The summed E-state index contributed by atoms with van der Waals surface area (Å²) in [6.07, 6.45) is 10.1. The number of benzene rings is 6. The number of hydrogen-bond acceptors (Lipinski definition) is 0. The first-order valence-electron chi connectivity index (χ1n) is 14.8. The molecule has 0 fully saturated rings. The summed E-state index contributed by atoms with van der Waals surface area (Å²) in [5.41, 5.74) is 13.1. The summed E-state index contributed by atoms with van der Waals surface area (Å²) in [6.45, 7) is 4.38. The quantitative estimate of drug-likeness (QED) is 0.196. The molecular formula is C41H34. The van der Waals surface area contributed by atoms with Crippen molar-refractivity contribution in [3.63, 3.8) is 0 Å². The van der Waals surface area contributed by atoms with Gasteiger partial charge in [0, 0.05) is 0 Å². The Labute approximate surface area is 243 Å². The van der Waals surface area contributed by atoms with Gasteiger partial charge in [-0.2, -0.15) is 0 Å². The molecular weight excluding hydrogens is 492 g/mol. The second kappa shape index (κ2) is 10.7. The standard InChI is InChI=1S/C41H34/c1-3-28(4-2)33-24-34(29-13-6-5-7-14-29)26-35(25-33)31-16-12-15-30(23-31)32-21-22-40-38-19-9-8-17-36(38)37-18-10-11-20-39(37)41(40)27-32/h3,5-8,10-18,20-27H,4,9,19H2,1-2H3. The van der Waals surface area contributed by atoms with Crippen LogP contribution in [-0.4, -0.2) is 0 Å². The lowest BCUT2D eigenvalue weighted by atomic mass is 9.85. The zero-order valence-electron chi connectivity index (χ0n) is 23.8. The highest BCUT2D eigenvalue weighted by Crippen LogP contribution is 2.39. The van der Waals surface area contributed by atoms with Crippen LogP contribution in [0.15, 0.2) is 127 Å². The van der Waals surface area contributed by atoms with Gasteiger partial charge in [-0.05, 0) is 134 Å². The normalized spacial score (nSPS) is 13.1. The van der Waals surface area contributed by atoms with Gasteiger partial charge in [-0.25, -0.2) is 0 Å². The molecule has 0 N–H and O–H groups in total. The van der Waals surface area contributed by atoms with Crippen molar-refractivity contribution in [2.24, 2.45) is 0 Å². The van der Waals surface area contributed by atoms with E-state index in [1.807, 2.05) is 0 Å². The monoisotopic (exact) mass is 526 g/mol. The second-order valence-electron chi connectivity index (χ2n) is 11.1. The molecule has 0 atom stereocenters. The van der Waals surface area contributed by atoms with Gasteiger partial charge >= 0.3 is 0 Å². The van der Waals surface area contributed by atoms with Crippen LogP contribution in [0.2, 0.25) is 0 Å². The van der Waals surface area contributed by atoms with Gasteiger partial charge in [-0.3, -0.25) is 0 Å². The average molecular weight is 527 g/mol. The number of allylic oxidation sites excluding steroid dienone is 3. The Morgan fingerprint density at radius 1 is 0.585 bits per heavy atom. The van der Waals surface area contributed by atoms with E-state index >= 15 is 0 Å². The van der Waals surface area contributed by atoms with E-state index in [1.165, 1.54) is 77.2 Å². The fourth-order valence-corrected chi connectivity index (χ4v) is 6.59. The van der Waals surface area contributed by atoms with E-state index in [2.05, 4.69) is 147 Å². The molecule has 0 amide bonds. The molecule has 0 bridgehead atoms. The molecule has 0 radical (unpaired) electrons. The largest absolute Gasteiger partial charge is 0.0839 e. The second-order valence-corrected chi connectivity index (χ2v) is 11.1. The summed E-state index contributed by atoms with van der Waals surface area (Å²) in [5, 5.41) is 5.44. The molecule has 0 spiro atoms. The molecule has 0 nitrogen and oxygen atoms in total. The minimum absolute atomic E-state index is 1.01. The minimum Gasteiger partial charge on any atom is -0.0839 e. The van der Waals surface area contributed by atoms with Crippen LogP contribution in [0.3, 0.4) is 0 Å². The Bertz CT molecular complexity index is 1970. The van der Waals surface area contributed by atoms with Gasteiger partial charge < -0.3 is 0 Å². The molecule has 0 saturated carbocycles. The Kier molecular flexibility index (Phi) is 6.61. The zero-order valence-corrected chi connectivity index (χ0v) is 23.8. The van der Waals surface area contributed by atoms with Crippen molar-refractivity contribution in [3.8, 4) is 33.4 Å². The van der Waals surface area contributed by atoms with Crippen molar-refractivity contribution in [3.05, 3.63) is 144 Å². The summed E-state index contributed by atoms with van der Waals surface area (Å²) in [7, 11) is 0. The molecule has 0 aromatic heterocycles. The van der Waals surface area contributed by atoms with Crippen LogP contribution in [0.1, 0.15) is 43.4 Å². The van der Waals surface area contributed by atoms with Crippen LogP contribution >= 0.6 is 0 Å². The predicted octanol–water partition coefficient (Wildman–Crippen LogP) is 11.8. The third kappa shape index (κ3) is 4.60. The van der Waals surface area contributed by atoms with E-state index < -0.39 is 0 Å². The maximum atomic E-state index is 2.41. The molecule has 0 heteroatoms. The highest BCUT2D eigenvalue weighted by atomic mass is 14.2. The van der Waals surface area contributed by atoms with Gasteiger partial charge in [0.15, 0.2) is 0 Å². The third-order valence-corrected chi connectivity index (χ3v) is 8.69. The van der Waals surface area contributed by atoms with E-state index in [0.29, 0.717) is 0 Å². The molecule has 0 heterocycles. The first-order valence-corrected chi connectivity index (χ1v) is 14.8. The van der Waals surface area contributed by atoms with Crippen LogP contribution in [0, 0.1) is 0 Å². The third-order valence-electron chi connectivity index (χ3n) is 8.69. The van der Waals surface area contributed by atoms with Crippen LogP contribution < -0.4 is 0 Å². The van der Waals surface area contributed by atoms with Crippen LogP contribution in [0.5, 0.6) is 0 Å². The van der Waals surface area contributed by atoms with E-state index in [-0.39, 0.29) is 0 Å². The zero-order chi connectivity index (χ0) is 27.8. The van der Waals surface area contributed by atoms with Gasteiger partial charge in [0.1, 0.15) is 0 Å². The SMILES string of the molecule is CC=C(CC)c1cc(-c2ccccc2)cc(-c2cccc(-c3ccc4c5c(c6ccccc6c4c3)C=CCC5)c2)c1. The Hall–Kier alpha value is -4.68. The summed E-state index contributed by atoms with van der Waals surface area (Å²) < 4.78 is 0. The first kappa shape index (κ1) is 25.3. The number of hydrogen-bond donors (Lipinski definition) is 0. The van der Waals surface area contributed by atoms with Crippen molar-refractivity contribution in [1.29, 1.82) is 0 Å². The lowest BCUT2D eigenvalue weighted by molar-refractivity contribution is 1.00. The van der Waals surface area contributed by atoms with Crippen LogP contribution in [-0.2, 0) is 6.42 Å². The van der Waals surface area contributed by atoms with E-state index in [9.17, 15) is 0 Å². The van der Waals surface area contributed by atoms with Gasteiger partial charge in [0.2, 0.25) is 0 Å². The van der Waals surface area contributed by atoms with Crippen molar-refractivity contribution in [2.75, 3.05) is 0 Å². The highest BCUT2D eigenvalue weighted by Gasteiger charge is 2.15. The van der Waals surface area contributed by atoms with Gasteiger partial charge in [-0.15, -0.1) is 0 Å². The Balaban J connectivity index is 1.38. The maximum absolute atomic E-state index is 2.41. The lowest BCUT2D eigenvalue weighted by Crippen LogP contribution is -1.98. The number of aryl methyl sites for hydroxylation is 1. The molecule has 0 unspecified atom stereocenters. The topological polar surface area (TPSA) is 0 Å². The summed E-state index contributed by atoms with van der Waals surface area (Å²) >= 11 is 0. The van der Waals surface area contributed by atoms with Gasteiger partial charge in [0.25, 0.3) is 0 Å². The molecule has 1 aliphatic carbocycles. The molecule has 1 aliphatic rings. The van der Waals surface area contributed by atoms with E-state index in [0.717, 1.165) is 19.3 Å². The van der Waals surface area contributed by atoms with Crippen molar-refractivity contribution >= 4 is 33.2 Å². The minimum atomic E-state index is 1.01. The van der Waals surface area contributed by atoms with Gasteiger partial charge in [0.05, 0.1) is 0 Å². The van der Waals surface area contributed by atoms with Gasteiger partial charge in [-0.1, -0.05) is 110 Å². The van der Waals surface area contributed by atoms with Crippen molar-refractivity contribution in [2.45, 2.75) is 33.1 Å². The smallest absolute Gasteiger partial charge is 0.00960 e. The number of fused-ring (bicyclic) bond motifs is 6. The summed E-state index contributed by atoms with van der Waals surface area (Å²) in [5.74, 6) is 0. The van der Waals surface area contributed by atoms with Crippen LogP contribution in [0.25, 0.3) is 66.6 Å². The first-order chi connectivity index (χ1) is 20.2. The molecule has 7 rings (SSSR count). The molecule has 6 aromatic carbocycles. The molecule has 41 heavy (non-hydrogen) atoms. The Morgan fingerprint density at radius 2 is 1.24 bits per heavy atom. The molecule has 6 aromatic rings.